The van der Waals surface area contributed by atoms with E-state index in [0.29, 0.717) is 11.3 Å². The van der Waals surface area contributed by atoms with Crippen LogP contribution in [0, 0.1) is 5.41 Å². The van der Waals surface area contributed by atoms with Crippen LogP contribution < -0.4 is 0 Å². The standard InChI is InChI=1S/C7H8N4/c1-9-4-7-6(2-8)3-10-5-11-7/h2-5,8H,1H3. The third kappa shape index (κ3) is 1.67. The Labute approximate surface area is 64.5 Å². The van der Waals surface area contributed by atoms with E-state index in [0.717, 1.165) is 0 Å². The van der Waals surface area contributed by atoms with Crippen LogP contribution in [-0.2, 0) is 0 Å². The molecular weight excluding hydrogens is 140 g/mol. The minimum absolute atomic E-state index is 0.678. The third-order valence-electron chi connectivity index (χ3n) is 1.18. The molecule has 1 aromatic rings. The van der Waals surface area contributed by atoms with E-state index in [-0.39, 0.29) is 0 Å². The van der Waals surface area contributed by atoms with Gasteiger partial charge < -0.3 is 5.41 Å². The summed E-state index contributed by atoms with van der Waals surface area (Å²) in [4.78, 5) is 11.5. The highest BCUT2D eigenvalue weighted by Gasteiger charge is 1.95. The van der Waals surface area contributed by atoms with Crippen LogP contribution >= 0.6 is 0 Å². The van der Waals surface area contributed by atoms with Gasteiger partial charge in [-0.3, -0.25) is 4.99 Å². The number of aliphatic imine (C=N–C) groups is 1. The second-order valence-electron chi connectivity index (χ2n) is 1.89. The second kappa shape index (κ2) is 3.55. The number of aromatic nitrogens is 2. The molecular formula is C7H8N4. The zero-order valence-corrected chi connectivity index (χ0v) is 6.15. The summed E-state index contributed by atoms with van der Waals surface area (Å²) in [5.74, 6) is 0. The highest BCUT2D eigenvalue weighted by atomic mass is 14.8. The summed E-state index contributed by atoms with van der Waals surface area (Å²) in [6.45, 7) is 0. The van der Waals surface area contributed by atoms with Gasteiger partial charge in [0.05, 0.1) is 5.69 Å². The summed E-state index contributed by atoms with van der Waals surface area (Å²) in [7, 11) is 1.66. The topological polar surface area (TPSA) is 62.0 Å². The molecule has 0 spiro atoms. The lowest BCUT2D eigenvalue weighted by atomic mass is 10.2. The Kier molecular flexibility index (Phi) is 2.43. The van der Waals surface area contributed by atoms with Gasteiger partial charge in [-0.2, -0.15) is 0 Å². The van der Waals surface area contributed by atoms with Crippen LogP contribution in [0.5, 0.6) is 0 Å². The molecule has 0 aliphatic carbocycles. The molecule has 56 valence electrons. The van der Waals surface area contributed by atoms with E-state index < -0.39 is 0 Å². The van der Waals surface area contributed by atoms with Crippen LogP contribution in [0.15, 0.2) is 17.5 Å². The molecule has 0 bridgehead atoms. The molecule has 11 heavy (non-hydrogen) atoms. The van der Waals surface area contributed by atoms with Gasteiger partial charge >= 0.3 is 0 Å². The number of hydrogen-bond acceptors (Lipinski definition) is 4. The maximum Gasteiger partial charge on any atom is 0.116 e. The van der Waals surface area contributed by atoms with Crippen molar-refractivity contribution < 1.29 is 0 Å². The first kappa shape index (κ1) is 7.53. The Morgan fingerprint density at radius 2 is 2.45 bits per heavy atom. The molecule has 4 heteroatoms. The average molecular weight is 148 g/mol. The van der Waals surface area contributed by atoms with E-state index in [1.54, 1.807) is 19.5 Å². The van der Waals surface area contributed by atoms with Crippen molar-refractivity contribution in [3.8, 4) is 0 Å². The van der Waals surface area contributed by atoms with Crippen molar-refractivity contribution in [2.75, 3.05) is 7.05 Å². The molecule has 0 amide bonds. The lowest BCUT2D eigenvalue weighted by molar-refractivity contribution is 1.14. The van der Waals surface area contributed by atoms with Gasteiger partial charge in [0.15, 0.2) is 0 Å². The first-order chi connectivity index (χ1) is 5.38. The number of rotatable bonds is 2. The summed E-state index contributed by atoms with van der Waals surface area (Å²) in [5, 5.41) is 7.00. The lowest BCUT2D eigenvalue weighted by Gasteiger charge is -1.93. The zero-order chi connectivity index (χ0) is 8.10. The highest BCUT2D eigenvalue weighted by molar-refractivity contribution is 5.90. The molecule has 0 aliphatic rings. The summed E-state index contributed by atoms with van der Waals surface area (Å²) >= 11 is 0. The Balaban J connectivity index is 3.11. The smallest absolute Gasteiger partial charge is 0.116 e. The average Bonchev–Trinajstić information content (AvgIpc) is 2.06. The maximum absolute atomic E-state index is 7.00. The van der Waals surface area contributed by atoms with Crippen molar-refractivity contribution in [2.45, 2.75) is 0 Å². The quantitative estimate of drug-likeness (QED) is 0.621. The van der Waals surface area contributed by atoms with Gasteiger partial charge in [-0.25, -0.2) is 9.97 Å². The Morgan fingerprint density at radius 3 is 3.09 bits per heavy atom. The van der Waals surface area contributed by atoms with E-state index in [2.05, 4.69) is 15.0 Å². The Bertz CT molecular complexity index is 280. The number of nitrogens with zero attached hydrogens (tertiary/aromatic N) is 3. The first-order valence-electron chi connectivity index (χ1n) is 3.11. The molecule has 0 fully saturated rings. The molecule has 4 nitrogen and oxygen atoms in total. The van der Waals surface area contributed by atoms with Crippen LogP contribution in [0.2, 0.25) is 0 Å². The molecule has 0 aromatic carbocycles. The van der Waals surface area contributed by atoms with Crippen molar-refractivity contribution in [3.63, 3.8) is 0 Å². The summed E-state index contributed by atoms with van der Waals surface area (Å²) < 4.78 is 0. The number of hydrogen-bond donors (Lipinski definition) is 1. The van der Waals surface area contributed by atoms with Crippen molar-refractivity contribution >= 4 is 12.4 Å². The molecule has 0 saturated carbocycles. The fourth-order valence-electron chi connectivity index (χ4n) is 0.691. The second-order valence-corrected chi connectivity index (χ2v) is 1.89. The molecule has 1 heterocycles. The minimum atomic E-state index is 0.678. The van der Waals surface area contributed by atoms with Crippen LogP contribution in [0.4, 0.5) is 0 Å². The molecule has 0 atom stereocenters. The monoisotopic (exact) mass is 148 g/mol. The van der Waals surface area contributed by atoms with Gasteiger partial charge in [0, 0.05) is 31.2 Å². The van der Waals surface area contributed by atoms with Gasteiger partial charge in [-0.1, -0.05) is 0 Å². The summed E-state index contributed by atoms with van der Waals surface area (Å²) in [5.41, 5.74) is 1.36. The van der Waals surface area contributed by atoms with Crippen LogP contribution in [0.25, 0.3) is 0 Å². The van der Waals surface area contributed by atoms with Crippen LogP contribution in [0.1, 0.15) is 11.3 Å². The van der Waals surface area contributed by atoms with Crippen molar-refractivity contribution in [1.29, 1.82) is 5.41 Å². The lowest BCUT2D eigenvalue weighted by Crippen LogP contribution is -1.95. The Morgan fingerprint density at radius 1 is 1.64 bits per heavy atom. The van der Waals surface area contributed by atoms with Gasteiger partial charge in [0.2, 0.25) is 0 Å². The van der Waals surface area contributed by atoms with Gasteiger partial charge in [-0.15, -0.1) is 0 Å². The minimum Gasteiger partial charge on any atom is -0.308 e. The normalized spacial score (nSPS) is 10.3. The van der Waals surface area contributed by atoms with E-state index in [4.69, 9.17) is 5.41 Å². The molecule has 0 radical (unpaired) electrons. The van der Waals surface area contributed by atoms with Crippen molar-refractivity contribution in [3.05, 3.63) is 23.8 Å². The van der Waals surface area contributed by atoms with Gasteiger partial charge in [-0.05, 0) is 0 Å². The molecule has 0 saturated heterocycles. The first-order valence-corrected chi connectivity index (χ1v) is 3.11. The molecule has 0 aliphatic heterocycles. The van der Waals surface area contributed by atoms with Crippen molar-refractivity contribution in [1.82, 2.24) is 9.97 Å². The molecule has 0 unspecified atom stereocenters. The number of nitrogens with one attached hydrogen (secondary N) is 1. The summed E-state index contributed by atoms with van der Waals surface area (Å²) in [6.07, 6.45) is 5.82. The van der Waals surface area contributed by atoms with E-state index in [9.17, 15) is 0 Å². The SMILES string of the molecule is CN=Cc1ncncc1C=N. The van der Waals surface area contributed by atoms with E-state index in [1.807, 2.05) is 0 Å². The van der Waals surface area contributed by atoms with E-state index in [1.165, 1.54) is 12.5 Å². The van der Waals surface area contributed by atoms with E-state index >= 15 is 0 Å². The fraction of sp³-hybridized carbons (Fsp3) is 0.143. The van der Waals surface area contributed by atoms with Crippen LogP contribution in [0.3, 0.4) is 0 Å². The van der Waals surface area contributed by atoms with Crippen molar-refractivity contribution in [2.24, 2.45) is 4.99 Å². The predicted octanol–water partition coefficient (Wildman–Crippen LogP) is 0.523. The van der Waals surface area contributed by atoms with Crippen LogP contribution in [-0.4, -0.2) is 29.4 Å². The molecule has 1 N–H and O–H groups in total. The zero-order valence-electron chi connectivity index (χ0n) is 6.15. The predicted molar refractivity (Wildman–Crippen MR) is 43.4 cm³/mol. The maximum atomic E-state index is 7.00. The highest BCUT2D eigenvalue weighted by Crippen LogP contribution is 1.95. The molecule has 1 aromatic heterocycles. The van der Waals surface area contributed by atoms with Gasteiger partial charge in [0.1, 0.15) is 6.33 Å². The Hall–Kier alpha value is -1.58. The summed E-state index contributed by atoms with van der Waals surface area (Å²) in [6, 6.07) is 0. The largest absolute Gasteiger partial charge is 0.308 e. The fourth-order valence-corrected chi connectivity index (χ4v) is 0.691. The third-order valence-corrected chi connectivity index (χ3v) is 1.18. The molecule has 1 rings (SSSR count). The van der Waals surface area contributed by atoms with Gasteiger partial charge in [0.25, 0.3) is 0 Å².